The van der Waals surface area contributed by atoms with Crippen LogP contribution >= 0.6 is 0 Å². The van der Waals surface area contributed by atoms with Gasteiger partial charge in [0.25, 0.3) is 12.2 Å². The molecule has 0 aromatic carbocycles. The van der Waals surface area contributed by atoms with Crippen molar-refractivity contribution in [3.63, 3.8) is 0 Å². The maximum Gasteiger partial charge on any atom is 1.00 e. The smallest absolute Gasteiger partial charge is 0.498 e. The van der Waals surface area contributed by atoms with Crippen LogP contribution < -0.4 is 39.8 Å². The molecule has 0 saturated heterocycles. The summed E-state index contributed by atoms with van der Waals surface area (Å²) in [5.74, 6) is 0. The maximum atomic E-state index is 10.3. The molecule has 0 radical (unpaired) electrons. The van der Waals surface area contributed by atoms with E-state index in [1.54, 1.807) is 0 Å². The Morgan fingerprint density at radius 2 is 1.83 bits per heavy atom. The second kappa shape index (κ2) is 3.99. The van der Waals surface area contributed by atoms with E-state index in [2.05, 4.69) is 4.99 Å². The van der Waals surface area contributed by atoms with Crippen LogP contribution in [0.15, 0.2) is 4.99 Å². The Kier molecular flexibility index (Phi) is 3.85. The van der Waals surface area contributed by atoms with Gasteiger partial charge in [0.1, 0.15) is 6.54 Å². The molecular formula is C5H5N2NaO4. The summed E-state index contributed by atoms with van der Waals surface area (Å²) >= 11 is 0. The number of rotatable bonds is 0. The van der Waals surface area contributed by atoms with Crippen LogP contribution in [0.2, 0.25) is 0 Å². The number of carbonyl (C=O) groups excluding carboxylic acids is 2. The number of aliphatic imine (C=N–C) groups is 1. The molecular weight excluding hydrogens is 175 g/mol. The normalized spacial score (nSPS) is 18.3. The second-order valence-electron chi connectivity index (χ2n) is 2.15. The van der Waals surface area contributed by atoms with Crippen LogP contribution in [0.3, 0.4) is 0 Å². The summed E-state index contributed by atoms with van der Waals surface area (Å²) in [7, 11) is 0. The molecule has 0 aromatic rings. The summed E-state index contributed by atoms with van der Waals surface area (Å²) in [6.07, 6.45) is -2.62. The Labute approximate surface area is 90.4 Å². The molecule has 0 atom stereocenters. The van der Waals surface area contributed by atoms with Crippen LogP contribution in [0.1, 0.15) is 0 Å². The van der Waals surface area contributed by atoms with Crippen LogP contribution in [-0.2, 0) is 0 Å². The second-order valence-corrected chi connectivity index (χ2v) is 2.15. The Balaban J connectivity index is 0.00000121. The molecule has 1 rings (SSSR count). The van der Waals surface area contributed by atoms with Gasteiger partial charge in [-0.05, 0) is 0 Å². The van der Waals surface area contributed by atoms with E-state index in [1.165, 1.54) is 0 Å². The Bertz CT molecular complexity index is 226. The summed E-state index contributed by atoms with van der Waals surface area (Å²) in [6.45, 7) is 0.0344. The van der Waals surface area contributed by atoms with Crippen molar-refractivity contribution in [3.05, 3.63) is 0 Å². The number of imide groups is 1. The van der Waals surface area contributed by atoms with Crippen LogP contribution in [0, 0.1) is 0 Å². The van der Waals surface area contributed by atoms with Gasteiger partial charge in [0.15, 0.2) is 6.34 Å². The molecule has 1 heterocycles. The molecule has 0 aromatic heterocycles. The number of hydrogen-bond donors (Lipinski definition) is 0. The zero-order valence-corrected chi connectivity index (χ0v) is 8.52. The van der Waals surface area contributed by atoms with Crippen LogP contribution in [0.4, 0.5) is 9.59 Å². The van der Waals surface area contributed by atoms with Gasteiger partial charge in [-0.15, -0.1) is 0 Å². The number of nitrogens with zero attached hydrogens (tertiary/aromatic N) is 2. The SMILES string of the molecule is O=C([O-])[N+]1(C(=O)[O-])C=NCC1.[Na+]. The zero-order valence-electron chi connectivity index (χ0n) is 6.52. The van der Waals surface area contributed by atoms with Gasteiger partial charge in [-0.3, -0.25) is 0 Å². The molecule has 12 heavy (non-hydrogen) atoms. The number of quaternary nitrogens is 1. The average molecular weight is 180 g/mol. The summed E-state index contributed by atoms with van der Waals surface area (Å²) in [5, 5.41) is 20.6. The first-order chi connectivity index (χ1) is 5.09. The minimum atomic E-state index is -1.72. The molecule has 0 unspecified atom stereocenters. The molecule has 0 spiro atoms. The topological polar surface area (TPSA) is 92.6 Å². The fourth-order valence-corrected chi connectivity index (χ4v) is 0.822. The van der Waals surface area contributed by atoms with Crippen molar-refractivity contribution < 1.29 is 53.8 Å². The zero-order chi connectivity index (χ0) is 8.48. The molecule has 0 N–H and O–H groups in total. The van der Waals surface area contributed by atoms with Crippen molar-refractivity contribution in [2.75, 3.05) is 13.1 Å². The fraction of sp³-hybridized carbons (Fsp3) is 0.400. The molecule has 1 aliphatic rings. The van der Waals surface area contributed by atoms with Gasteiger partial charge in [0.05, 0.1) is 6.54 Å². The minimum Gasteiger partial charge on any atom is -0.498 e. The monoisotopic (exact) mass is 180 g/mol. The average Bonchev–Trinajstić information content (AvgIpc) is 2.34. The van der Waals surface area contributed by atoms with Gasteiger partial charge < -0.3 is 19.8 Å². The summed E-state index contributed by atoms with van der Waals surface area (Å²) in [5.41, 5.74) is 0. The van der Waals surface area contributed by atoms with E-state index in [1.807, 2.05) is 0 Å². The third kappa shape index (κ3) is 1.66. The summed E-state index contributed by atoms with van der Waals surface area (Å²) < 4.78 is -1.32. The van der Waals surface area contributed by atoms with E-state index < -0.39 is 16.7 Å². The van der Waals surface area contributed by atoms with Crippen molar-refractivity contribution in [3.8, 4) is 0 Å². The Morgan fingerprint density at radius 3 is 2.00 bits per heavy atom. The number of hydrogen-bond acceptors (Lipinski definition) is 5. The molecule has 6 nitrogen and oxygen atoms in total. The molecule has 0 bridgehead atoms. The molecule has 0 fully saturated rings. The van der Waals surface area contributed by atoms with Gasteiger partial charge in [-0.25, -0.2) is 4.99 Å². The Morgan fingerprint density at radius 1 is 1.33 bits per heavy atom. The number of carboxylic acid groups (broad SMARTS) is 2. The standard InChI is InChI=1S/C5H6N2O4.Na/c8-4(9)7(5(10)11)2-1-6-3-7;/h3H,1-2H2,(H-,8,9,10,11);/q;+1/p-1. The van der Waals surface area contributed by atoms with E-state index in [9.17, 15) is 19.8 Å². The first kappa shape index (κ1) is 11.6. The van der Waals surface area contributed by atoms with Crippen LogP contribution in [0.25, 0.3) is 0 Å². The first-order valence-corrected chi connectivity index (χ1v) is 2.91. The van der Waals surface area contributed by atoms with Crippen LogP contribution in [-0.4, -0.2) is 36.1 Å². The molecule has 0 aliphatic carbocycles. The van der Waals surface area contributed by atoms with Crippen molar-refractivity contribution in [2.45, 2.75) is 0 Å². The largest absolute Gasteiger partial charge is 1.00 e. The van der Waals surface area contributed by atoms with E-state index in [0.717, 1.165) is 6.34 Å². The molecule has 1 aliphatic heterocycles. The predicted octanol–water partition coefficient (Wildman–Crippen LogP) is -5.46. The van der Waals surface area contributed by atoms with Crippen LogP contribution in [0.5, 0.6) is 0 Å². The van der Waals surface area contributed by atoms with Gasteiger partial charge in [0.2, 0.25) is 0 Å². The third-order valence-corrected chi connectivity index (χ3v) is 1.51. The van der Waals surface area contributed by atoms with Crippen molar-refractivity contribution >= 4 is 18.5 Å². The van der Waals surface area contributed by atoms with E-state index >= 15 is 0 Å². The maximum absolute atomic E-state index is 10.3. The van der Waals surface area contributed by atoms with E-state index in [-0.39, 0.29) is 42.6 Å². The molecule has 2 amide bonds. The quantitative estimate of drug-likeness (QED) is 0.274. The van der Waals surface area contributed by atoms with Gasteiger partial charge in [-0.2, -0.15) is 4.48 Å². The first-order valence-electron chi connectivity index (χ1n) is 2.91. The Hall–Kier alpha value is -0.430. The molecule has 0 saturated carbocycles. The molecule has 60 valence electrons. The fourth-order valence-electron chi connectivity index (χ4n) is 0.822. The number of carbonyl (C=O) groups is 2. The van der Waals surface area contributed by atoms with Crippen molar-refractivity contribution in [1.82, 2.24) is 0 Å². The summed E-state index contributed by atoms with van der Waals surface area (Å²) in [6, 6.07) is 0. The summed E-state index contributed by atoms with van der Waals surface area (Å²) in [4.78, 5) is 24.1. The van der Waals surface area contributed by atoms with Crippen molar-refractivity contribution in [2.24, 2.45) is 4.99 Å². The van der Waals surface area contributed by atoms with Crippen molar-refractivity contribution in [1.29, 1.82) is 0 Å². The number of amides is 2. The van der Waals surface area contributed by atoms with Gasteiger partial charge in [-0.1, -0.05) is 0 Å². The molecule has 7 heteroatoms. The predicted molar refractivity (Wildman–Crippen MR) is 29.3 cm³/mol. The van der Waals surface area contributed by atoms with E-state index in [0.29, 0.717) is 0 Å². The third-order valence-electron chi connectivity index (χ3n) is 1.51. The van der Waals surface area contributed by atoms with Gasteiger partial charge >= 0.3 is 29.6 Å². The minimum absolute atomic E-state index is 0. The van der Waals surface area contributed by atoms with Gasteiger partial charge in [0, 0.05) is 0 Å². The van der Waals surface area contributed by atoms with E-state index in [4.69, 9.17) is 0 Å².